The molecule has 1 aliphatic heterocycles. The minimum atomic E-state index is -0.511. The summed E-state index contributed by atoms with van der Waals surface area (Å²) in [6.45, 7) is 2.97. The molecule has 6 heteroatoms. The third-order valence-electron chi connectivity index (χ3n) is 3.30. The van der Waals surface area contributed by atoms with Crippen LogP contribution in [0.15, 0.2) is 16.6 Å². The standard InChI is InChI=1S/C15H20BrNO4/c1-2-20-13-8-10(9-18)7-11(16)14(13)21-12-5-3-4-6-17-15(12)19/h7-8,12,18H,2-6,9H2,1H3,(H,17,19). The first-order chi connectivity index (χ1) is 10.2. The fraction of sp³-hybridized carbons (Fsp3) is 0.533. The number of nitrogens with one attached hydrogen (secondary N) is 1. The lowest BCUT2D eigenvalue weighted by atomic mass is 10.1. The van der Waals surface area contributed by atoms with Gasteiger partial charge in [0.05, 0.1) is 17.7 Å². The number of halogens is 1. The van der Waals surface area contributed by atoms with E-state index in [-0.39, 0.29) is 12.5 Å². The lowest BCUT2D eigenvalue weighted by Gasteiger charge is -2.20. The van der Waals surface area contributed by atoms with E-state index in [1.165, 1.54) is 0 Å². The van der Waals surface area contributed by atoms with Crippen LogP contribution in [-0.2, 0) is 11.4 Å². The van der Waals surface area contributed by atoms with Crippen LogP contribution < -0.4 is 14.8 Å². The van der Waals surface area contributed by atoms with Crippen LogP contribution in [0.5, 0.6) is 11.5 Å². The Morgan fingerprint density at radius 2 is 2.24 bits per heavy atom. The second kappa shape index (κ2) is 7.66. The first-order valence-corrected chi connectivity index (χ1v) is 7.95. The molecule has 21 heavy (non-hydrogen) atoms. The number of benzene rings is 1. The summed E-state index contributed by atoms with van der Waals surface area (Å²) in [5, 5.41) is 12.1. The van der Waals surface area contributed by atoms with Crippen LogP contribution in [0.2, 0.25) is 0 Å². The van der Waals surface area contributed by atoms with Gasteiger partial charge in [-0.15, -0.1) is 0 Å². The average Bonchev–Trinajstić information content (AvgIpc) is 2.67. The van der Waals surface area contributed by atoms with Gasteiger partial charge in [-0.1, -0.05) is 0 Å². The van der Waals surface area contributed by atoms with Crippen LogP contribution in [-0.4, -0.2) is 30.3 Å². The zero-order valence-corrected chi connectivity index (χ0v) is 13.6. The molecule has 0 aromatic heterocycles. The summed E-state index contributed by atoms with van der Waals surface area (Å²) >= 11 is 3.43. The van der Waals surface area contributed by atoms with Crippen LogP contribution in [0.4, 0.5) is 0 Å². The summed E-state index contributed by atoms with van der Waals surface area (Å²) in [5.41, 5.74) is 0.725. The van der Waals surface area contributed by atoms with Gasteiger partial charge in [0.2, 0.25) is 0 Å². The molecular formula is C15H20BrNO4. The zero-order valence-electron chi connectivity index (χ0n) is 12.0. The molecule has 1 aliphatic rings. The Bertz CT molecular complexity index is 507. The number of carbonyl (C=O) groups excluding carboxylic acids is 1. The molecule has 5 nitrogen and oxygen atoms in total. The highest BCUT2D eigenvalue weighted by Crippen LogP contribution is 2.38. The van der Waals surface area contributed by atoms with Gasteiger partial charge in [-0.25, -0.2) is 0 Å². The van der Waals surface area contributed by atoms with Crippen molar-refractivity contribution in [2.45, 2.75) is 38.9 Å². The third kappa shape index (κ3) is 4.11. The zero-order chi connectivity index (χ0) is 15.2. The van der Waals surface area contributed by atoms with Crippen molar-refractivity contribution in [2.24, 2.45) is 0 Å². The van der Waals surface area contributed by atoms with Gasteiger partial charge < -0.3 is 19.9 Å². The van der Waals surface area contributed by atoms with Gasteiger partial charge in [0.25, 0.3) is 5.91 Å². The Hall–Kier alpha value is -1.27. The van der Waals surface area contributed by atoms with Crippen LogP contribution in [0.3, 0.4) is 0 Å². The van der Waals surface area contributed by atoms with E-state index in [1.54, 1.807) is 12.1 Å². The van der Waals surface area contributed by atoms with Crippen molar-refractivity contribution >= 4 is 21.8 Å². The summed E-state index contributed by atoms with van der Waals surface area (Å²) in [6, 6.07) is 3.50. The lowest BCUT2D eigenvalue weighted by molar-refractivity contribution is -0.127. The molecule has 0 aliphatic carbocycles. The normalized spacial score (nSPS) is 18.8. The molecule has 1 atom stereocenters. The number of amides is 1. The first-order valence-electron chi connectivity index (χ1n) is 7.16. The molecule has 0 bridgehead atoms. The summed E-state index contributed by atoms with van der Waals surface area (Å²) in [6.07, 6.45) is 2.09. The third-order valence-corrected chi connectivity index (χ3v) is 3.89. The summed E-state index contributed by atoms with van der Waals surface area (Å²) < 4.78 is 12.1. The largest absolute Gasteiger partial charge is 0.490 e. The van der Waals surface area contributed by atoms with Gasteiger partial charge in [0.1, 0.15) is 0 Å². The Morgan fingerprint density at radius 3 is 2.95 bits per heavy atom. The molecule has 0 saturated carbocycles. The molecule has 1 unspecified atom stereocenters. The molecular weight excluding hydrogens is 338 g/mol. The number of aliphatic hydroxyl groups excluding tert-OH is 1. The number of carbonyl (C=O) groups is 1. The maximum atomic E-state index is 12.0. The van der Waals surface area contributed by atoms with E-state index < -0.39 is 6.10 Å². The number of hydrogen-bond donors (Lipinski definition) is 2. The highest BCUT2D eigenvalue weighted by atomic mass is 79.9. The van der Waals surface area contributed by atoms with Crippen LogP contribution in [0, 0.1) is 0 Å². The second-order valence-electron chi connectivity index (χ2n) is 4.89. The first kappa shape index (κ1) is 16.1. The molecule has 1 saturated heterocycles. The van der Waals surface area contributed by atoms with Crippen LogP contribution in [0.25, 0.3) is 0 Å². The van der Waals surface area contributed by atoms with Crippen molar-refractivity contribution in [3.8, 4) is 11.5 Å². The molecule has 1 amide bonds. The highest BCUT2D eigenvalue weighted by molar-refractivity contribution is 9.10. The van der Waals surface area contributed by atoms with Gasteiger partial charge in [0.15, 0.2) is 17.6 Å². The SMILES string of the molecule is CCOc1cc(CO)cc(Br)c1OC1CCCCNC1=O. The molecule has 116 valence electrons. The van der Waals surface area contributed by atoms with Crippen molar-refractivity contribution < 1.29 is 19.4 Å². The van der Waals surface area contributed by atoms with Crippen molar-refractivity contribution in [3.63, 3.8) is 0 Å². The summed E-state index contributed by atoms with van der Waals surface area (Å²) in [7, 11) is 0. The van der Waals surface area contributed by atoms with Crippen molar-refractivity contribution in [2.75, 3.05) is 13.2 Å². The van der Waals surface area contributed by atoms with E-state index in [9.17, 15) is 9.90 Å². The van der Waals surface area contributed by atoms with E-state index in [4.69, 9.17) is 9.47 Å². The number of hydrogen-bond acceptors (Lipinski definition) is 4. The van der Waals surface area contributed by atoms with Gasteiger partial charge in [-0.2, -0.15) is 0 Å². The number of ether oxygens (including phenoxy) is 2. The lowest BCUT2D eigenvalue weighted by Crippen LogP contribution is -2.36. The molecule has 1 aromatic rings. The number of rotatable bonds is 5. The summed E-state index contributed by atoms with van der Waals surface area (Å²) in [4.78, 5) is 12.0. The van der Waals surface area contributed by atoms with E-state index >= 15 is 0 Å². The molecule has 2 rings (SSSR count). The molecule has 0 spiro atoms. The molecule has 0 radical (unpaired) electrons. The van der Waals surface area contributed by atoms with Crippen LogP contribution in [0.1, 0.15) is 31.7 Å². The van der Waals surface area contributed by atoms with Gasteiger partial charge >= 0.3 is 0 Å². The molecule has 1 fully saturated rings. The van der Waals surface area contributed by atoms with Crippen molar-refractivity contribution in [1.82, 2.24) is 5.32 Å². The fourth-order valence-electron chi connectivity index (χ4n) is 2.26. The van der Waals surface area contributed by atoms with Crippen molar-refractivity contribution in [3.05, 3.63) is 22.2 Å². The maximum Gasteiger partial charge on any atom is 0.261 e. The minimum Gasteiger partial charge on any atom is -0.490 e. The van der Waals surface area contributed by atoms with Gasteiger partial charge in [-0.05, 0) is 59.8 Å². The van der Waals surface area contributed by atoms with E-state index in [2.05, 4.69) is 21.2 Å². The highest BCUT2D eigenvalue weighted by Gasteiger charge is 2.25. The minimum absolute atomic E-state index is 0.0805. The molecule has 1 aromatic carbocycles. The molecule has 2 N–H and O–H groups in total. The Morgan fingerprint density at radius 1 is 1.43 bits per heavy atom. The quantitative estimate of drug-likeness (QED) is 0.848. The van der Waals surface area contributed by atoms with Crippen molar-refractivity contribution in [1.29, 1.82) is 0 Å². The second-order valence-corrected chi connectivity index (χ2v) is 5.74. The average molecular weight is 358 g/mol. The van der Waals surface area contributed by atoms with E-state index in [1.807, 2.05) is 6.92 Å². The maximum absolute atomic E-state index is 12.0. The van der Waals surface area contributed by atoms with Crippen LogP contribution >= 0.6 is 15.9 Å². The van der Waals surface area contributed by atoms with Gasteiger partial charge in [-0.3, -0.25) is 4.79 Å². The fourth-order valence-corrected chi connectivity index (χ4v) is 2.84. The Kier molecular flexibility index (Phi) is 5.87. The monoisotopic (exact) mass is 357 g/mol. The Balaban J connectivity index is 2.26. The van der Waals surface area contributed by atoms with E-state index in [0.29, 0.717) is 35.5 Å². The smallest absolute Gasteiger partial charge is 0.261 e. The van der Waals surface area contributed by atoms with Gasteiger partial charge in [0, 0.05) is 6.54 Å². The Labute approximate surface area is 132 Å². The predicted molar refractivity (Wildman–Crippen MR) is 82.5 cm³/mol. The number of aliphatic hydroxyl groups is 1. The summed E-state index contributed by atoms with van der Waals surface area (Å²) in [5.74, 6) is 0.956. The topological polar surface area (TPSA) is 67.8 Å². The predicted octanol–water partition coefficient (Wildman–Crippen LogP) is 2.39. The van der Waals surface area contributed by atoms with E-state index in [0.717, 1.165) is 18.4 Å². The molecule has 1 heterocycles.